The predicted octanol–water partition coefficient (Wildman–Crippen LogP) is 1.77. The average Bonchev–Trinajstić information content (AvgIpc) is 3.16. The zero-order chi connectivity index (χ0) is 16.9. The molecule has 0 radical (unpaired) electrons. The molecule has 6 nitrogen and oxygen atoms in total. The molecular formula is C15H24N4O2S2. The highest BCUT2D eigenvalue weighted by Gasteiger charge is 2.19. The van der Waals surface area contributed by atoms with Gasteiger partial charge < -0.3 is 10.6 Å². The molecule has 8 heteroatoms. The number of hydrogen-bond donors (Lipinski definition) is 2. The molecule has 1 heterocycles. The van der Waals surface area contributed by atoms with E-state index in [1.165, 1.54) is 29.7 Å². The fourth-order valence-corrected chi connectivity index (χ4v) is 4.62. The van der Waals surface area contributed by atoms with Gasteiger partial charge in [0.1, 0.15) is 4.21 Å². The van der Waals surface area contributed by atoms with E-state index in [1.807, 2.05) is 13.0 Å². The number of nitrogens with one attached hydrogen (secondary N) is 2. The molecule has 1 aromatic heterocycles. The Labute approximate surface area is 142 Å². The Kier molecular flexibility index (Phi) is 6.20. The molecule has 1 aromatic rings. The number of sulfonamides is 1. The van der Waals surface area contributed by atoms with Gasteiger partial charge in [-0.05, 0) is 31.9 Å². The van der Waals surface area contributed by atoms with Crippen LogP contribution < -0.4 is 10.6 Å². The molecule has 0 aliphatic heterocycles. The fourth-order valence-electron chi connectivity index (χ4n) is 2.17. The third-order valence-corrected chi connectivity index (χ3v) is 6.81. The fraction of sp³-hybridized carbons (Fsp3) is 0.533. The summed E-state index contributed by atoms with van der Waals surface area (Å²) in [6.45, 7) is 3.27. The second kappa shape index (κ2) is 7.94. The van der Waals surface area contributed by atoms with Crippen LogP contribution in [0.2, 0.25) is 0 Å². The molecule has 0 unspecified atom stereocenters. The van der Waals surface area contributed by atoms with E-state index in [4.69, 9.17) is 0 Å². The molecule has 0 amide bonds. The lowest BCUT2D eigenvalue weighted by molar-refractivity contribution is 0.523. The van der Waals surface area contributed by atoms with Crippen LogP contribution in [0.4, 0.5) is 0 Å². The van der Waals surface area contributed by atoms with Crippen LogP contribution in [0.25, 0.3) is 0 Å². The molecule has 0 saturated carbocycles. The number of rotatable bonds is 6. The van der Waals surface area contributed by atoms with Crippen LogP contribution in [0.3, 0.4) is 0 Å². The van der Waals surface area contributed by atoms with E-state index < -0.39 is 10.0 Å². The Morgan fingerprint density at radius 2 is 2.04 bits per heavy atom. The monoisotopic (exact) mass is 356 g/mol. The van der Waals surface area contributed by atoms with Crippen LogP contribution in [0, 0.1) is 0 Å². The summed E-state index contributed by atoms with van der Waals surface area (Å²) in [5, 5.41) is 6.62. The highest BCUT2D eigenvalue weighted by molar-refractivity contribution is 7.91. The molecule has 1 aliphatic carbocycles. The van der Waals surface area contributed by atoms with E-state index in [9.17, 15) is 8.42 Å². The highest BCUT2D eigenvalue weighted by atomic mass is 32.2. The second-order valence-electron chi connectivity index (χ2n) is 5.49. The van der Waals surface area contributed by atoms with E-state index in [0.717, 1.165) is 30.2 Å². The van der Waals surface area contributed by atoms with Gasteiger partial charge in [-0.1, -0.05) is 12.2 Å². The lowest BCUT2D eigenvalue weighted by Crippen LogP contribution is -2.42. The summed E-state index contributed by atoms with van der Waals surface area (Å²) in [6.07, 6.45) is 6.35. The Balaban J connectivity index is 2.03. The van der Waals surface area contributed by atoms with Crippen molar-refractivity contribution >= 4 is 27.3 Å². The summed E-state index contributed by atoms with van der Waals surface area (Å²) >= 11 is 1.27. The third-order valence-electron chi connectivity index (χ3n) is 3.46. The van der Waals surface area contributed by atoms with Crippen molar-refractivity contribution in [2.45, 2.75) is 36.6 Å². The maximum atomic E-state index is 12.1. The SMILES string of the molecule is CCNC(=NCc1ccc(S(=O)(=O)N(C)C)s1)NC1CC=CC1. The first-order valence-corrected chi connectivity index (χ1v) is 9.90. The first kappa shape index (κ1) is 18.0. The van der Waals surface area contributed by atoms with Crippen molar-refractivity contribution in [2.24, 2.45) is 4.99 Å². The van der Waals surface area contributed by atoms with Crippen molar-refractivity contribution in [3.63, 3.8) is 0 Å². The van der Waals surface area contributed by atoms with Gasteiger partial charge in [0.05, 0.1) is 6.54 Å². The number of nitrogens with zero attached hydrogens (tertiary/aromatic N) is 2. The van der Waals surface area contributed by atoms with Crippen molar-refractivity contribution in [2.75, 3.05) is 20.6 Å². The molecule has 23 heavy (non-hydrogen) atoms. The summed E-state index contributed by atoms with van der Waals surface area (Å²) in [6, 6.07) is 3.86. The molecule has 2 N–H and O–H groups in total. The largest absolute Gasteiger partial charge is 0.357 e. The van der Waals surface area contributed by atoms with Crippen LogP contribution in [-0.4, -0.2) is 45.4 Å². The van der Waals surface area contributed by atoms with E-state index in [1.54, 1.807) is 6.07 Å². The van der Waals surface area contributed by atoms with Gasteiger partial charge in [0.15, 0.2) is 5.96 Å². The molecule has 0 fully saturated rings. The number of thiophene rings is 1. The van der Waals surface area contributed by atoms with Gasteiger partial charge in [-0.3, -0.25) is 0 Å². The Hall–Kier alpha value is -1.38. The minimum absolute atomic E-state index is 0.352. The number of guanidine groups is 1. The molecule has 1 aliphatic rings. The quantitative estimate of drug-likeness (QED) is 0.463. The zero-order valence-corrected chi connectivity index (χ0v) is 15.4. The second-order valence-corrected chi connectivity index (χ2v) is 9.03. The van der Waals surface area contributed by atoms with Crippen molar-refractivity contribution < 1.29 is 8.42 Å². The minimum Gasteiger partial charge on any atom is -0.357 e. The van der Waals surface area contributed by atoms with Crippen LogP contribution in [0.1, 0.15) is 24.6 Å². The lowest BCUT2D eigenvalue weighted by atomic mass is 10.2. The zero-order valence-electron chi connectivity index (χ0n) is 13.7. The number of aliphatic imine (C=N–C) groups is 1. The highest BCUT2D eigenvalue weighted by Crippen LogP contribution is 2.24. The van der Waals surface area contributed by atoms with Gasteiger partial charge in [-0.25, -0.2) is 17.7 Å². The van der Waals surface area contributed by atoms with Gasteiger partial charge in [0, 0.05) is 31.6 Å². The summed E-state index contributed by atoms with van der Waals surface area (Å²) in [5.41, 5.74) is 0. The normalized spacial score (nSPS) is 16.3. The van der Waals surface area contributed by atoms with Crippen LogP contribution in [0.5, 0.6) is 0 Å². The molecule has 0 saturated heterocycles. The lowest BCUT2D eigenvalue weighted by Gasteiger charge is -2.16. The maximum Gasteiger partial charge on any atom is 0.252 e. The van der Waals surface area contributed by atoms with Crippen molar-refractivity contribution in [3.05, 3.63) is 29.2 Å². The van der Waals surface area contributed by atoms with E-state index in [0.29, 0.717) is 16.8 Å². The van der Waals surface area contributed by atoms with Crippen molar-refractivity contribution in [3.8, 4) is 0 Å². The predicted molar refractivity (Wildman–Crippen MR) is 95.3 cm³/mol. The molecule has 0 bridgehead atoms. The van der Waals surface area contributed by atoms with Crippen LogP contribution >= 0.6 is 11.3 Å². The first-order valence-electron chi connectivity index (χ1n) is 7.64. The Morgan fingerprint density at radius 3 is 2.65 bits per heavy atom. The van der Waals surface area contributed by atoms with Crippen LogP contribution in [0.15, 0.2) is 33.5 Å². The Morgan fingerprint density at radius 1 is 1.35 bits per heavy atom. The summed E-state index contributed by atoms with van der Waals surface area (Å²) in [7, 11) is -0.285. The minimum atomic E-state index is -3.36. The molecule has 0 spiro atoms. The maximum absolute atomic E-state index is 12.1. The van der Waals surface area contributed by atoms with Crippen LogP contribution in [-0.2, 0) is 16.6 Å². The van der Waals surface area contributed by atoms with E-state index in [-0.39, 0.29) is 0 Å². The van der Waals surface area contributed by atoms with Gasteiger partial charge >= 0.3 is 0 Å². The third kappa shape index (κ3) is 4.79. The molecule has 2 rings (SSSR count). The number of hydrogen-bond acceptors (Lipinski definition) is 4. The average molecular weight is 357 g/mol. The van der Waals surface area contributed by atoms with Gasteiger partial charge in [0.25, 0.3) is 10.0 Å². The molecule has 128 valence electrons. The van der Waals surface area contributed by atoms with Gasteiger partial charge in [-0.2, -0.15) is 0 Å². The smallest absolute Gasteiger partial charge is 0.252 e. The van der Waals surface area contributed by atoms with E-state index >= 15 is 0 Å². The molecule has 0 aromatic carbocycles. The van der Waals surface area contributed by atoms with Gasteiger partial charge in [0.2, 0.25) is 0 Å². The first-order chi connectivity index (χ1) is 10.9. The summed E-state index contributed by atoms with van der Waals surface area (Å²) < 4.78 is 25.7. The van der Waals surface area contributed by atoms with Crippen molar-refractivity contribution in [1.82, 2.24) is 14.9 Å². The molecule has 0 atom stereocenters. The van der Waals surface area contributed by atoms with E-state index in [2.05, 4.69) is 27.8 Å². The Bertz CT molecular complexity index is 669. The molecular weight excluding hydrogens is 332 g/mol. The summed E-state index contributed by atoms with van der Waals surface area (Å²) in [5.74, 6) is 0.770. The van der Waals surface area contributed by atoms with Crippen molar-refractivity contribution in [1.29, 1.82) is 0 Å². The summed E-state index contributed by atoms with van der Waals surface area (Å²) in [4.78, 5) is 5.48. The standard InChI is InChI=1S/C15H24N4O2S2/c1-4-16-15(18-12-7-5-6-8-12)17-11-13-9-10-14(22-13)23(20,21)19(2)3/h5-6,9-10,12H,4,7-8,11H2,1-3H3,(H2,16,17,18). The van der Waals surface area contributed by atoms with Gasteiger partial charge in [-0.15, -0.1) is 11.3 Å². The topological polar surface area (TPSA) is 73.8 Å².